The van der Waals surface area contributed by atoms with Crippen molar-refractivity contribution >= 4 is 39.3 Å². The molecule has 1 atom stereocenters. The second-order valence-electron chi connectivity index (χ2n) is 7.73. The smallest absolute Gasteiger partial charge is 0.338 e. The average Bonchev–Trinajstić information content (AvgIpc) is 2.83. The summed E-state index contributed by atoms with van der Waals surface area (Å²) in [6, 6.07) is 12.2. The topological polar surface area (TPSA) is 110 Å². The summed E-state index contributed by atoms with van der Waals surface area (Å²) in [6.07, 6.45) is 2.19. The van der Waals surface area contributed by atoms with Crippen molar-refractivity contribution in [3.05, 3.63) is 64.7 Å². The quantitative estimate of drug-likeness (QED) is 0.595. The third-order valence-electron chi connectivity index (χ3n) is 5.90. The van der Waals surface area contributed by atoms with Gasteiger partial charge in [0.15, 0.2) is 12.4 Å². The van der Waals surface area contributed by atoms with Crippen LogP contribution in [-0.4, -0.2) is 51.7 Å². The van der Waals surface area contributed by atoms with Crippen LogP contribution in [0.25, 0.3) is 0 Å². The SMILES string of the molecule is CNS(=O)(=O)c1cccc(C(=O)OCC(=O)N(C)[C@@]2(c3ccccc3Cl)CCCCC2=O)c1. The number of sulfonamides is 1. The number of benzene rings is 2. The molecular weight excluding hydrogens is 468 g/mol. The van der Waals surface area contributed by atoms with Crippen LogP contribution in [0.3, 0.4) is 0 Å². The highest BCUT2D eigenvalue weighted by Crippen LogP contribution is 2.42. The van der Waals surface area contributed by atoms with Crippen molar-refractivity contribution in [2.75, 3.05) is 20.7 Å². The predicted molar refractivity (Wildman–Crippen MR) is 122 cm³/mol. The second kappa shape index (κ2) is 10.0. The van der Waals surface area contributed by atoms with E-state index in [1.54, 1.807) is 24.3 Å². The van der Waals surface area contributed by atoms with E-state index in [9.17, 15) is 22.8 Å². The van der Waals surface area contributed by atoms with Gasteiger partial charge in [-0.1, -0.05) is 35.9 Å². The molecule has 0 spiro atoms. The van der Waals surface area contributed by atoms with E-state index in [-0.39, 0.29) is 16.2 Å². The number of hydrogen-bond acceptors (Lipinski definition) is 6. The highest BCUT2D eigenvalue weighted by Gasteiger charge is 2.48. The van der Waals surface area contributed by atoms with Crippen molar-refractivity contribution in [1.82, 2.24) is 9.62 Å². The summed E-state index contributed by atoms with van der Waals surface area (Å²) in [5, 5.41) is 0.381. The van der Waals surface area contributed by atoms with Gasteiger partial charge in [-0.15, -0.1) is 0 Å². The van der Waals surface area contributed by atoms with E-state index in [1.807, 2.05) is 0 Å². The van der Waals surface area contributed by atoms with Crippen LogP contribution in [0.1, 0.15) is 41.6 Å². The van der Waals surface area contributed by atoms with E-state index in [4.69, 9.17) is 16.3 Å². The molecule has 8 nitrogen and oxygen atoms in total. The minimum Gasteiger partial charge on any atom is -0.452 e. The van der Waals surface area contributed by atoms with Gasteiger partial charge in [0, 0.05) is 24.1 Å². The largest absolute Gasteiger partial charge is 0.452 e. The van der Waals surface area contributed by atoms with E-state index in [2.05, 4.69) is 4.72 Å². The molecule has 2 aromatic carbocycles. The summed E-state index contributed by atoms with van der Waals surface area (Å²) in [5.74, 6) is -1.54. The predicted octanol–water partition coefficient (Wildman–Crippen LogP) is 2.90. The lowest BCUT2D eigenvalue weighted by Gasteiger charge is -2.43. The molecule has 176 valence electrons. The Labute approximate surface area is 197 Å². The third kappa shape index (κ3) is 4.95. The highest BCUT2D eigenvalue weighted by atomic mass is 35.5. The Morgan fingerprint density at radius 2 is 1.88 bits per heavy atom. The van der Waals surface area contributed by atoms with E-state index in [1.165, 1.54) is 37.2 Å². The normalized spacial score (nSPS) is 18.6. The molecule has 10 heteroatoms. The zero-order valence-corrected chi connectivity index (χ0v) is 19.9. The zero-order valence-electron chi connectivity index (χ0n) is 18.3. The Balaban J connectivity index is 1.81. The number of nitrogens with zero attached hydrogens (tertiary/aromatic N) is 1. The standard InChI is InChI=1S/C23H25ClN2O6S/c1-25-33(30,31)17-9-7-8-16(14-17)22(29)32-15-21(28)26(2)23(13-6-5-12-20(23)27)18-10-3-4-11-19(18)24/h3-4,7-11,14,25H,5-6,12-13,15H2,1-2H3/t23-/m1/s1. The molecule has 0 saturated heterocycles. The number of esters is 1. The molecule has 2 aromatic rings. The summed E-state index contributed by atoms with van der Waals surface area (Å²) in [7, 11) is -0.982. The molecule has 1 N–H and O–H groups in total. The van der Waals surface area contributed by atoms with Gasteiger partial charge in [-0.05, 0) is 50.6 Å². The van der Waals surface area contributed by atoms with Crippen LogP contribution in [0, 0.1) is 0 Å². The lowest BCUT2D eigenvalue weighted by Crippen LogP contribution is -2.55. The first kappa shape index (κ1) is 24.9. The Morgan fingerprint density at radius 1 is 1.15 bits per heavy atom. The third-order valence-corrected chi connectivity index (χ3v) is 7.64. The molecule has 33 heavy (non-hydrogen) atoms. The molecule has 1 fully saturated rings. The maximum atomic E-state index is 13.1. The van der Waals surface area contributed by atoms with Gasteiger partial charge >= 0.3 is 5.97 Å². The first-order chi connectivity index (χ1) is 15.6. The van der Waals surface area contributed by atoms with Crippen LogP contribution in [0.2, 0.25) is 5.02 Å². The van der Waals surface area contributed by atoms with Crippen LogP contribution < -0.4 is 4.72 Å². The van der Waals surface area contributed by atoms with Crippen molar-refractivity contribution < 1.29 is 27.5 Å². The minimum absolute atomic E-state index is 0.0173. The number of rotatable bonds is 7. The van der Waals surface area contributed by atoms with Gasteiger partial charge in [0.05, 0.1) is 10.5 Å². The lowest BCUT2D eigenvalue weighted by molar-refractivity contribution is -0.150. The molecule has 0 heterocycles. The molecule has 1 amide bonds. The molecule has 3 rings (SSSR count). The first-order valence-corrected chi connectivity index (χ1v) is 12.3. The summed E-state index contributed by atoms with van der Waals surface area (Å²) in [6.45, 7) is -0.613. The summed E-state index contributed by atoms with van der Waals surface area (Å²) in [4.78, 5) is 39.8. The number of likely N-dealkylation sites (N-methyl/N-ethyl adjacent to an activating group) is 1. The fourth-order valence-corrected chi connectivity index (χ4v) is 5.13. The summed E-state index contributed by atoms with van der Waals surface area (Å²) < 4.78 is 31.3. The maximum absolute atomic E-state index is 13.1. The van der Waals surface area contributed by atoms with E-state index >= 15 is 0 Å². The number of Topliss-reactive ketones (excluding diaryl/α,β-unsaturated/α-hetero) is 1. The number of carbonyl (C=O) groups is 3. The van der Waals surface area contributed by atoms with Crippen LogP contribution in [-0.2, 0) is 29.9 Å². The fourth-order valence-electron chi connectivity index (χ4n) is 4.06. The van der Waals surface area contributed by atoms with Crippen molar-refractivity contribution in [3.8, 4) is 0 Å². The number of hydrogen-bond donors (Lipinski definition) is 1. The van der Waals surface area contributed by atoms with Crippen molar-refractivity contribution in [2.45, 2.75) is 36.1 Å². The van der Waals surface area contributed by atoms with Crippen molar-refractivity contribution in [3.63, 3.8) is 0 Å². The molecule has 1 saturated carbocycles. The van der Waals surface area contributed by atoms with Crippen LogP contribution in [0.4, 0.5) is 0 Å². The number of halogens is 1. The van der Waals surface area contributed by atoms with Gasteiger partial charge in [0.25, 0.3) is 5.91 Å². The molecule has 0 aromatic heterocycles. The number of amides is 1. The van der Waals surface area contributed by atoms with Gasteiger partial charge in [-0.2, -0.15) is 0 Å². The molecule has 0 bridgehead atoms. The zero-order chi connectivity index (χ0) is 24.2. The van der Waals surface area contributed by atoms with Crippen molar-refractivity contribution in [2.24, 2.45) is 0 Å². The molecule has 1 aliphatic rings. The van der Waals surface area contributed by atoms with Gasteiger partial charge in [-0.3, -0.25) is 9.59 Å². The van der Waals surface area contributed by atoms with Gasteiger partial charge in [0.2, 0.25) is 10.0 Å². The fraction of sp³-hybridized carbons (Fsp3) is 0.348. The number of ether oxygens (including phenoxy) is 1. The van der Waals surface area contributed by atoms with E-state index in [0.29, 0.717) is 23.4 Å². The maximum Gasteiger partial charge on any atom is 0.338 e. The molecule has 1 aliphatic carbocycles. The van der Waals surface area contributed by atoms with Gasteiger partial charge < -0.3 is 9.64 Å². The van der Waals surface area contributed by atoms with Gasteiger partial charge in [-0.25, -0.2) is 17.9 Å². The Kier molecular flexibility index (Phi) is 7.56. The Hall–Kier alpha value is -2.75. The number of ketones is 1. The molecule has 0 aliphatic heterocycles. The lowest BCUT2D eigenvalue weighted by atomic mass is 9.74. The Morgan fingerprint density at radius 3 is 2.55 bits per heavy atom. The summed E-state index contributed by atoms with van der Waals surface area (Å²) in [5.41, 5.74) is -0.708. The van der Waals surface area contributed by atoms with E-state index < -0.39 is 34.0 Å². The number of nitrogens with one attached hydrogen (secondary N) is 1. The van der Waals surface area contributed by atoms with Gasteiger partial charge in [0.1, 0.15) is 5.54 Å². The number of carbonyl (C=O) groups excluding carboxylic acids is 3. The average molecular weight is 493 g/mol. The van der Waals surface area contributed by atoms with Crippen LogP contribution in [0.15, 0.2) is 53.4 Å². The van der Waals surface area contributed by atoms with Crippen molar-refractivity contribution in [1.29, 1.82) is 0 Å². The molecular formula is C23H25ClN2O6S. The van der Waals surface area contributed by atoms with E-state index in [0.717, 1.165) is 18.9 Å². The van der Waals surface area contributed by atoms with Crippen LogP contribution in [0.5, 0.6) is 0 Å². The minimum atomic E-state index is -3.75. The molecule has 0 radical (unpaired) electrons. The monoisotopic (exact) mass is 492 g/mol. The summed E-state index contributed by atoms with van der Waals surface area (Å²) >= 11 is 6.40. The highest BCUT2D eigenvalue weighted by molar-refractivity contribution is 7.89. The van der Waals surface area contributed by atoms with Crippen LogP contribution >= 0.6 is 11.6 Å². The Bertz CT molecular complexity index is 1180. The molecule has 0 unspecified atom stereocenters. The first-order valence-electron chi connectivity index (χ1n) is 10.4. The second-order valence-corrected chi connectivity index (χ2v) is 10.0.